The molecule has 0 bridgehead atoms. The summed E-state index contributed by atoms with van der Waals surface area (Å²) in [5, 5.41) is 3.47. The van der Waals surface area contributed by atoms with E-state index in [2.05, 4.69) is 36.2 Å². The molecule has 0 amide bonds. The summed E-state index contributed by atoms with van der Waals surface area (Å²) in [7, 11) is 3.38. The zero-order valence-electron chi connectivity index (χ0n) is 13.7. The SMILES string of the molecule is CCCN(Cc1cc(OC)c(OC)cc1C)C1CCNC1. The van der Waals surface area contributed by atoms with Crippen molar-refractivity contribution in [1.29, 1.82) is 0 Å². The predicted molar refractivity (Wildman–Crippen MR) is 86.3 cm³/mol. The maximum atomic E-state index is 5.44. The summed E-state index contributed by atoms with van der Waals surface area (Å²) in [4.78, 5) is 2.59. The van der Waals surface area contributed by atoms with E-state index in [9.17, 15) is 0 Å². The van der Waals surface area contributed by atoms with Crippen molar-refractivity contribution in [2.24, 2.45) is 0 Å². The van der Waals surface area contributed by atoms with Crippen molar-refractivity contribution in [3.05, 3.63) is 23.3 Å². The van der Waals surface area contributed by atoms with Crippen LogP contribution in [0.3, 0.4) is 0 Å². The smallest absolute Gasteiger partial charge is 0.161 e. The van der Waals surface area contributed by atoms with Gasteiger partial charge in [-0.05, 0) is 56.1 Å². The monoisotopic (exact) mass is 292 g/mol. The average molecular weight is 292 g/mol. The van der Waals surface area contributed by atoms with Gasteiger partial charge < -0.3 is 14.8 Å². The fraction of sp³-hybridized carbons (Fsp3) is 0.647. The lowest BCUT2D eigenvalue weighted by molar-refractivity contribution is 0.199. The van der Waals surface area contributed by atoms with Gasteiger partial charge in [0.15, 0.2) is 11.5 Å². The van der Waals surface area contributed by atoms with Gasteiger partial charge in [0.2, 0.25) is 0 Å². The Hall–Kier alpha value is -1.26. The third kappa shape index (κ3) is 3.89. The number of nitrogens with one attached hydrogen (secondary N) is 1. The maximum Gasteiger partial charge on any atom is 0.161 e. The highest BCUT2D eigenvalue weighted by atomic mass is 16.5. The first kappa shape index (κ1) is 16.1. The van der Waals surface area contributed by atoms with Crippen LogP contribution in [0.2, 0.25) is 0 Å². The Morgan fingerprint density at radius 1 is 1.24 bits per heavy atom. The molecule has 0 aliphatic carbocycles. The van der Waals surface area contributed by atoms with Crippen molar-refractivity contribution in [2.75, 3.05) is 33.9 Å². The molecular formula is C17H28N2O2. The van der Waals surface area contributed by atoms with Crippen LogP contribution in [0.25, 0.3) is 0 Å². The molecule has 1 unspecified atom stereocenters. The molecule has 2 rings (SSSR count). The molecular weight excluding hydrogens is 264 g/mol. The number of hydrogen-bond acceptors (Lipinski definition) is 4. The maximum absolute atomic E-state index is 5.44. The minimum Gasteiger partial charge on any atom is -0.493 e. The predicted octanol–water partition coefficient (Wildman–Crippen LogP) is 2.59. The van der Waals surface area contributed by atoms with Gasteiger partial charge in [0, 0.05) is 19.1 Å². The highest BCUT2D eigenvalue weighted by molar-refractivity contribution is 5.47. The third-order valence-electron chi connectivity index (χ3n) is 4.28. The number of rotatable bonds is 7. The number of benzene rings is 1. The van der Waals surface area contributed by atoms with Crippen LogP contribution in [0, 0.1) is 6.92 Å². The lowest BCUT2D eigenvalue weighted by Gasteiger charge is -2.29. The van der Waals surface area contributed by atoms with Gasteiger partial charge in [0.1, 0.15) is 0 Å². The van der Waals surface area contributed by atoms with Gasteiger partial charge in [-0.2, -0.15) is 0 Å². The van der Waals surface area contributed by atoms with Gasteiger partial charge in [0.05, 0.1) is 14.2 Å². The minimum absolute atomic E-state index is 0.650. The van der Waals surface area contributed by atoms with E-state index in [1.165, 1.54) is 24.0 Å². The first-order valence-electron chi connectivity index (χ1n) is 7.85. The molecule has 0 spiro atoms. The molecule has 4 heteroatoms. The van der Waals surface area contributed by atoms with E-state index < -0.39 is 0 Å². The normalized spacial score (nSPS) is 18.2. The molecule has 1 heterocycles. The molecule has 0 radical (unpaired) electrons. The van der Waals surface area contributed by atoms with Gasteiger partial charge in [-0.15, -0.1) is 0 Å². The number of ether oxygens (including phenoxy) is 2. The van der Waals surface area contributed by atoms with Crippen LogP contribution in [0.4, 0.5) is 0 Å². The van der Waals surface area contributed by atoms with Gasteiger partial charge in [-0.25, -0.2) is 0 Å². The molecule has 0 saturated carbocycles. The summed E-state index contributed by atoms with van der Waals surface area (Å²) in [6.07, 6.45) is 2.43. The second-order valence-corrected chi connectivity index (χ2v) is 5.75. The first-order chi connectivity index (χ1) is 10.2. The summed E-state index contributed by atoms with van der Waals surface area (Å²) in [5.41, 5.74) is 2.59. The van der Waals surface area contributed by atoms with Crippen molar-refractivity contribution in [3.8, 4) is 11.5 Å². The van der Waals surface area contributed by atoms with Crippen molar-refractivity contribution < 1.29 is 9.47 Å². The Bertz CT molecular complexity index is 456. The fourth-order valence-electron chi connectivity index (χ4n) is 3.04. The van der Waals surface area contributed by atoms with E-state index >= 15 is 0 Å². The molecule has 1 aromatic rings. The first-order valence-corrected chi connectivity index (χ1v) is 7.85. The minimum atomic E-state index is 0.650. The highest BCUT2D eigenvalue weighted by Crippen LogP contribution is 2.31. The molecule has 1 aromatic carbocycles. The quantitative estimate of drug-likeness (QED) is 0.837. The standard InChI is InChI=1S/C17H28N2O2/c1-5-8-19(15-6-7-18-11-15)12-14-10-17(21-4)16(20-3)9-13(14)2/h9-10,15,18H,5-8,11-12H2,1-4H3. The second-order valence-electron chi connectivity index (χ2n) is 5.75. The molecule has 1 saturated heterocycles. The molecule has 0 aromatic heterocycles. The van der Waals surface area contributed by atoms with Gasteiger partial charge in [0.25, 0.3) is 0 Å². The van der Waals surface area contributed by atoms with Crippen LogP contribution < -0.4 is 14.8 Å². The van der Waals surface area contributed by atoms with E-state index in [1.807, 2.05) is 0 Å². The topological polar surface area (TPSA) is 33.7 Å². The molecule has 4 nitrogen and oxygen atoms in total. The Kier molecular flexibility index (Phi) is 5.88. The van der Waals surface area contributed by atoms with Crippen LogP contribution in [0.15, 0.2) is 12.1 Å². The fourth-order valence-corrected chi connectivity index (χ4v) is 3.04. The summed E-state index contributed by atoms with van der Waals surface area (Å²) in [6.45, 7) is 8.75. The van der Waals surface area contributed by atoms with E-state index in [-0.39, 0.29) is 0 Å². The Labute approximate surface area is 128 Å². The van der Waals surface area contributed by atoms with Gasteiger partial charge >= 0.3 is 0 Å². The van der Waals surface area contributed by atoms with Crippen LogP contribution in [0.5, 0.6) is 11.5 Å². The Morgan fingerprint density at radius 2 is 1.95 bits per heavy atom. The van der Waals surface area contributed by atoms with Crippen molar-refractivity contribution in [3.63, 3.8) is 0 Å². The van der Waals surface area contributed by atoms with Crippen LogP contribution in [-0.2, 0) is 6.54 Å². The molecule has 1 fully saturated rings. The van der Waals surface area contributed by atoms with Crippen molar-refractivity contribution >= 4 is 0 Å². The van der Waals surface area contributed by atoms with Gasteiger partial charge in [-0.1, -0.05) is 6.92 Å². The number of aryl methyl sites for hydroxylation is 1. The largest absolute Gasteiger partial charge is 0.493 e. The zero-order valence-corrected chi connectivity index (χ0v) is 13.7. The summed E-state index contributed by atoms with van der Waals surface area (Å²) >= 11 is 0. The van der Waals surface area contributed by atoms with Crippen LogP contribution >= 0.6 is 0 Å². The average Bonchev–Trinajstić information content (AvgIpc) is 3.02. The van der Waals surface area contributed by atoms with E-state index in [1.54, 1.807) is 14.2 Å². The summed E-state index contributed by atoms with van der Waals surface area (Å²) in [5.74, 6) is 1.63. The second kappa shape index (κ2) is 7.66. The van der Waals surface area contributed by atoms with Crippen molar-refractivity contribution in [2.45, 2.75) is 39.3 Å². The molecule has 118 valence electrons. The molecule has 1 aliphatic rings. The van der Waals surface area contributed by atoms with E-state index in [0.29, 0.717) is 6.04 Å². The molecule has 1 N–H and O–H groups in total. The highest BCUT2D eigenvalue weighted by Gasteiger charge is 2.22. The van der Waals surface area contributed by atoms with E-state index in [0.717, 1.165) is 37.7 Å². The molecule has 21 heavy (non-hydrogen) atoms. The number of nitrogens with zero attached hydrogens (tertiary/aromatic N) is 1. The zero-order chi connectivity index (χ0) is 15.2. The Balaban J connectivity index is 2.19. The summed E-state index contributed by atoms with van der Waals surface area (Å²) < 4.78 is 10.8. The lowest BCUT2D eigenvalue weighted by atomic mass is 10.1. The van der Waals surface area contributed by atoms with Gasteiger partial charge in [-0.3, -0.25) is 4.90 Å². The summed E-state index contributed by atoms with van der Waals surface area (Å²) in [6, 6.07) is 4.85. The lowest BCUT2D eigenvalue weighted by Crippen LogP contribution is -2.37. The van der Waals surface area contributed by atoms with Crippen LogP contribution in [-0.4, -0.2) is 44.8 Å². The number of methoxy groups -OCH3 is 2. The number of hydrogen-bond donors (Lipinski definition) is 1. The van der Waals surface area contributed by atoms with E-state index in [4.69, 9.17) is 9.47 Å². The molecule has 1 aliphatic heterocycles. The molecule has 1 atom stereocenters. The third-order valence-corrected chi connectivity index (χ3v) is 4.28. The van der Waals surface area contributed by atoms with Crippen LogP contribution in [0.1, 0.15) is 30.9 Å². The van der Waals surface area contributed by atoms with Crippen molar-refractivity contribution in [1.82, 2.24) is 10.2 Å². The Morgan fingerprint density at radius 3 is 2.52 bits per heavy atom.